The largest absolute Gasteiger partial charge is 0.360 e. The molecule has 1 N–H and O–H groups in total. The first-order valence-electron chi connectivity index (χ1n) is 9.48. The average molecular weight is 456 g/mol. The summed E-state index contributed by atoms with van der Waals surface area (Å²) in [6.45, 7) is 5.08. The van der Waals surface area contributed by atoms with E-state index >= 15 is 0 Å². The molecular formula is C19H25N3O6S2. The molecule has 1 fully saturated rings. The number of amides is 1. The molecule has 0 saturated carbocycles. The van der Waals surface area contributed by atoms with E-state index < -0.39 is 37.9 Å². The first kappa shape index (κ1) is 22.4. The molecule has 2 aromatic rings. The predicted molar refractivity (Wildman–Crippen MR) is 109 cm³/mol. The molecule has 1 aromatic heterocycles. The fraction of sp³-hybridized carbons (Fsp3) is 0.474. The number of rotatable bonds is 6. The smallest absolute Gasteiger partial charge is 0.249 e. The lowest BCUT2D eigenvalue weighted by molar-refractivity contribution is -0.124. The fourth-order valence-corrected chi connectivity index (χ4v) is 6.23. The molecule has 11 heteroatoms. The van der Waals surface area contributed by atoms with E-state index in [4.69, 9.17) is 4.52 Å². The Morgan fingerprint density at radius 2 is 1.83 bits per heavy atom. The van der Waals surface area contributed by atoms with Gasteiger partial charge in [-0.25, -0.2) is 16.8 Å². The number of aromatic nitrogens is 1. The van der Waals surface area contributed by atoms with Crippen LogP contribution in [0.5, 0.6) is 0 Å². The molecule has 1 saturated heterocycles. The number of sulfone groups is 1. The van der Waals surface area contributed by atoms with Crippen molar-refractivity contribution in [1.29, 1.82) is 0 Å². The highest BCUT2D eigenvalue weighted by molar-refractivity contribution is 7.90. The summed E-state index contributed by atoms with van der Waals surface area (Å²) in [6, 6.07) is 4.98. The monoisotopic (exact) mass is 455 g/mol. The minimum Gasteiger partial charge on any atom is -0.360 e. The highest BCUT2D eigenvalue weighted by atomic mass is 32.2. The number of nitrogens with one attached hydrogen (secondary N) is 1. The van der Waals surface area contributed by atoms with Crippen LogP contribution in [-0.4, -0.2) is 51.0 Å². The maximum Gasteiger partial charge on any atom is 0.249 e. The maximum absolute atomic E-state index is 13.1. The summed E-state index contributed by atoms with van der Waals surface area (Å²) in [6.07, 6.45) is 2.10. The van der Waals surface area contributed by atoms with Gasteiger partial charge < -0.3 is 9.84 Å². The zero-order valence-electron chi connectivity index (χ0n) is 17.2. The van der Waals surface area contributed by atoms with Crippen LogP contribution >= 0.6 is 0 Å². The molecule has 1 aromatic carbocycles. The minimum atomic E-state index is -3.92. The number of benzene rings is 1. The third-order valence-electron chi connectivity index (χ3n) is 5.21. The first-order chi connectivity index (χ1) is 13.9. The lowest BCUT2D eigenvalue weighted by Gasteiger charge is -2.25. The standard InChI is InChI=1S/C19H25N3O6S2/c1-12(15-7-9-16(10-8-15)29(4,24)25)20-19(23)17-6-5-11-22(17)30(26,27)18-13(2)21-28-14(18)3/h7-10,12,17H,5-6,11H2,1-4H3,(H,20,23). The van der Waals surface area contributed by atoms with Crippen LogP contribution in [0.4, 0.5) is 0 Å². The lowest BCUT2D eigenvalue weighted by Crippen LogP contribution is -2.46. The molecule has 164 valence electrons. The van der Waals surface area contributed by atoms with Crippen molar-refractivity contribution in [3.8, 4) is 0 Å². The molecule has 0 bridgehead atoms. The van der Waals surface area contributed by atoms with E-state index in [2.05, 4.69) is 10.5 Å². The van der Waals surface area contributed by atoms with E-state index in [9.17, 15) is 21.6 Å². The molecule has 1 aliphatic rings. The second-order valence-electron chi connectivity index (χ2n) is 7.50. The van der Waals surface area contributed by atoms with Crippen LogP contribution in [0.25, 0.3) is 0 Å². The summed E-state index contributed by atoms with van der Waals surface area (Å²) >= 11 is 0. The summed E-state index contributed by atoms with van der Waals surface area (Å²) in [7, 11) is -7.23. The van der Waals surface area contributed by atoms with E-state index in [-0.39, 0.29) is 27.8 Å². The predicted octanol–water partition coefficient (Wildman–Crippen LogP) is 1.73. The van der Waals surface area contributed by atoms with Crippen LogP contribution in [0.1, 0.15) is 42.8 Å². The number of sulfonamides is 1. The Morgan fingerprint density at radius 1 is 1.20 bits per heavy atom. The third-order valence-corrected chi connectivity index (χ3v) is 8.49. The highest BCUT2D eigenvalue weighted by Crippen LogP contribution is 2.30. The van der Waals surface area contributed by atoms with Crippen molar-refractivity contribution >= 4 is 25.8 Å². The van der Waals surface area contributed by atoms with Crippen LogP contribution < -0.4 is 5.32 Å². The van der Waals surface area contributed by atoms with Crippen LogP contribution in [0.3, 0.4) is 0 Å². The summed E-state index contributed by atoms with van der Waals surface area (Å²) in [5, 5.41) is 6.55. The van der Waals surface area contributed by atoms with Gasteiger partial charge in [0.15, 0.2) is 15.6 Å². The Balaban J connectivity index is 1.77. The number of nitrogens with zero attached hydrogens (tertiary/aromatic N) is 2. The third kappa shape index (κ3) is 4.28. The quantitative estimate of drug-likeness (QED) is 0.703. The van der Waals surface area contributed by atoms with Crippen molar-refractivity contribution in [2.75, 3.05) is 12.8 Å². The van der Waals surface area contributed by atoms with Gasteiger partial charge in [0.05, 0.1) is 10.9 Å². The number of carbonyl (C=O) groups excluding carboxylic acids is 1. The summed E-state index contributed by atoms with van der Waals surface area (Å²) < 4.78 is 55.6. The Labute approximate surface area is 176 Å². The molecule has 0 radical (unpaired) electrons. The van der Waals surface area contributed by atoms with Crippen LogP contribution in [0.2, 0.25) is 0 Å². The van der Waals surface area contributed by atoms with Crippen LogP contribution in [0, 0.1) is 13.8 Å². The van der Waals surface area contributed by atoms with Gasteiger partial charge in [-0.1, -0.05) is 17.3 Å². The van der Waals surface area contributed by atoms with E-state index in [1.54, 1.807) is 26.0 Å². The van der Waals surface area contributed by atoms with Gasteiger partial charge in [0.1, 0.15) is 16.6 Å². The molecule has 0 aliphatic carbocycles. The van der Waals surface area contributed by atoms with Gasteiger partial charge in [-0.05, 0) is 51.3 Å². The Hall–Kier alpha value is -2.24. The van der Waals surface area contributed by atoms with Gasteiger partial charge in [0, 0.05) is 12.8 Å². The van der Waals surface area contributed by atoms with Crippen LogP contribution in [-0.2, 0) is 24.7 Å². The van der Waals surface area contributed by atoms with Crippen molar-refractivity contribution in [3.05, 3.63) is 41.3 Å². The normalized spacial score (nSPS) is 19.0. The number of hydrogen-bond acceptors (Lipinski definition) is 7. The number of carbonyl (C=O) groups is 1. The van der Waals surface area contributed by atoms with Gasteiger partial charge in [-0.3, -0.25) is 4.79 Å². The number of hydrogen-bond donors (Lipinski definition) is 1. The molecule has 2 atom stereocenters. The first-order valence-corrected chi connectivity index (χ1v) is 12.8. The van der Waals surface area contributed by atoms with Crippen molar-refractivity contribution < 1.29 is 26.2 Å². The van der Waals surface area contributed by atoms with Crippen molar-refractivity contribution in [3.63, 3.8) is 0 Å². The molecule has 2 unspecified atom stereocenters. The van der Waals surface area contributed by atoms with Gasteiger partial charge >= 0.3 is 0 Å². The maximum atomic E-state index is 13.1. The average Bonchev–Trinajstić information content (AvgIpc) is 3.28. The van der Waals surface area contributed by atoms with Crippen molar-refractivity contribution in [1.82, 2.24) is 14.8 Å². The number of aryl methyl sites for hydroxylation is 2. The summed E-state index contributed by atoms with van der Waals surface area (Å²) in [5.74, 6) is -0.208. The Morgan fingerprint density at radius 3 is 2.37 bits per heavy atom. The summed E-state index contributed by atoms with van der Waals surface area (Å²) in [4.78, 5) is 13.1. The minimum absolute atomic E-state index is 0.00612. The summed E-state index contributed by atoms with van der Waals surface area (Å²) in [5.41, 5.74) is 0.978. The molecule has 0 spiro atoms. The zero-order chi connectivity index (χ0) is 22.3. The Kier molecular flexibility index (Phi) is 6.08. The second kappa shape index (κ2) is 8.12. The molecule has 1 aliphatic heterocycles. The fourth-order valence-electron chi connectivity index (χ4n) is 3.65. The molecule has 2 heterocycles. The molecular weight excluding hydrogens is 430 g/mol. The van der Waals surface area contributed by atoms with Gasteiger partial charge in [-0.15, -0.1) is 0 Å². The second-order valence-corrected chi connectivity index (χ2v) is 11.3. The Bertz CT molecular complexity index is 1130. The lowest BCUT2D eigenvalue weighted by atomic mass is 10.1. The van der Waals surface area contributed by atoms with Crippen LogP contribution in [0.15, 0.2) is 38.6 Å². The molecule has 9 nitrogen and oxygen atoms in total. The topological polar surface area (TPSA) is 127 Å². The van der Waals surface area contributed by atoms with E-state index in [1.807, 2.05) is 0 Å². The molecule has 3 rings (SSSR count). The van der Waals surface area contributed by atoms with Crippen molar-refractivity contribution in [2.45, 2.75) is 55.5 Å². The van der Waals surface area contributed by atoms with Gasteiger partial charge in [0.2, 0.25) is 15.9 Å². The molecule has 30 heavy (non-hydrogen) atoms. The van der Waals surface area contributed by atoms with E-state index in [0.29, 0.717) is 18.4 Å². The van der Waals surface area contributed by atoms with Gasteiger partial charge in [-0.2, -0.15) is 4.31 Å². The van der Waals surface area contributed by atoms with Gasteiger partial charge in [0.25, 0.3) is 0 Å². The van der Waals surface area contributed by atoms with E-state index in [1.165, 1.54) is 23.4 Å². The zero-order valence-corrected chi connectivity index (χ0v) is 18.9. The SMILES string of the molecule is Cc1noc(C)c1S(=O)(=O)N1CCCC1C(=O)NC(C)c1ccc(S(C)(=O)=O)cc1. The van der Waals surface area contributed by atoms with E-state index in [0.717, 1.165) is 6.26 Å². The van der Waals surface area contributed by atoms with Crippen molar-refractivity contribution in [2.24, 2.45) is 0 Å². The molecule has 1 amide bonds. The highest BCUT2D eigenvalue weighted by Gasteiger charge is 2.42.